The van der Waals surface area contributed by atoms with Gasteiger partial charge in [-0.3, -0.25) is 0 Å². The maximum Gasteiger partial charge on any atom is 0.0547 e. The molecule has 0 atom stereocenters. The first kappa shape index (κ1) is 37.3. The van der Waals surface area contributed by atoms with Crippen molar-refractivity contribution in [1.29, 1.82) is 0 Å². The Labute approximate surface area is 373 Å². The van der Waals surface area contributed by atoms with Crippen LogP contribution < -0.4 is 4.90 Å². The molecule has 12 aromatic rings. The van der Waals surface area contributed by atoms with Crippen LogP contribution in [-0.2, 0) is 0 Å². The standard InChI is InChI=1S/C62H42N2/c1-2-13-43(14-3-1)46-25-27-47(28-26-46)48-31-36-53(37-32-48)63(54-38-33-49(34-39-54)52-30-29-44-15-4-6-17-50(44)41-52)59-22-10-8-19-56(59)57-21-12-24-61-62(57)58-20-9-11-23-60(58)64(61)55-40-35-45-16-5-7-18-51(45)42-55/h1-42H. The van der Waals surface area contributed by atoms with Gasteiger partial charge >= 0.3 is 0 Å². The van der Waals surface area contributed by atoms with Gasteiger partial charge in [-0.15, -0.1) is 0 Å². The van der Waals surface area contributed by atoms with E-state index >= 15 is 0 Å². The van der Waals surface area contributed by atoms with Crippen LogP contribution in [0, 0.1) is 0 Å². The van der Waals surface area contributed by atoms with Crippen LogP contribution in [0.1, 0.15) is 0 Å². The van der Waals surface area contributed by atoms with Gasteiger partial charge in [-0.25, -0.2) is 0 Å². The molecule has 300 valence electrons. The highest BCUT2D eigenvalue weighted by Gasteiger charge is 2.22. The monoisotopic (exact) mass is 814 g/mol. The van der Waals surface area contributed by atoms with Gasteiger partial charge in [0.1, 0.15) is 0 Å². The van der Waals surface area contributed by atoms with Gasteiger partial charge in [0.05, 0.1) is 16.7 Å². The zero-order valence-electron chi connectivity index (χ0n) is 35.1. The third-order valence-corrected chi connectivity index (χ3v) is 12.8. The van der Waals surface area contributed by atoms with E-state index in [1.165, 1.54) is 82.3 Å². The minimum atomic E-state index is 1.08. The molecule has 1 aromatic heterocycles. The molecule has 0 N–H and O–H groups in total. The number of para-hydroxylation sites is 2. The predicted octanol–water partition coefficient (Wildman–Crippen LogP) is 17.2. The van der Waals surface area contributed by atoms with Gasteiger partial charge in [0.2, 0.25) is 0 Å². The predicted molar refractivity (Wildman–Crippen MR) is 272 cm³/mol. The Kier molecular flexibility index (Phi) is 9.20. The van der Waals surface area contributed by atoms with E-state index in [9.17, 15) is 0 Å². The second-order valence-electron chi connectivity index (χ2n) is 16.5. The van der Waals surface area contributed by atoms with Crippen LogP contribution in [0.4, 0.5) is 17.1 Å². The molecule has 0 bridgehead atoms. The lowest BCUT2D eigenvalue weighted by atomic mass is 9.96. The maximum absolute atomic E-state index is 2.43. The molecule has 0 saturated heterocycles. The Morgan fingerprint density at radius 1 is 0.281 bits per heavy atom. The van der Waals surface area contributed by atoms with E-state index in [2.05, 4.69) is 264 Å². The Morgan fingerprint density at radius 2 is 0.750 bits per heavy atom. The number of nitrogens with zero attached hydrogens (tertiary/aromatic N) is 2. The molecule has 11 aromatic carbocycles. The van der Waals surface area contributed by atoms with Crippen LogP contribution in [0.5, 0.6) is 0 Å². The van der Waals surface area contributed by atoms with Crippen molar-refractivity contribution in [2.45, 2.75) is 0 Å². The number of benzene rings is 11. The Hall–Kier alpha value is -8.46. The van der Waals surface area contributed by atoms with E-state index in [-0.39, 0.29) is 0 Å². The second kappa shape index (κ2) is 15.8. The molecule has 1 heterocycles. The van der Waals surface area contributed by atoms with Gasteiger partial charge in [0.15, 0.2) is 0 Å². The highest BCUT2D eigenvalue weighted by Crippen LogP contribution is 2.46. The first-order valence-electron chi connectivity index (χ1n) is 22.0. The molecule has 2 nitrogen and oxygen atoms in total. The molecule has 12 rings (SSSR count). The molecule has 2 heteroatoms. The fraction of sp³-hybridized carbons (Fsp3) is 0. The van der Waals surface area contributed by atoms with Crippen LogP contribution in [0.15, 0.2) is 255 Å². The Balaban J connectivity index is 1.00. The number of hydrogen-bond donors (Lipinski definition) is 0. The molecule has 0 fully saturated rings. The average molecular weight is 815 g/mol. The average Bonchev–Trinajstić information content (AvgIpc) is 3.72. The first-order chi connectivity index (χ1) is 31.7. The van der Waals surface area contributed by atoms with Gasteiger partial charge in [-0.2, -0.15) is 0 Å². The van der Waals surface area contributed by atoms with E-state index in [0.717, 1.165) is 28.3 Å². The molecule has 0 radical (unpaired) electrons. The fourth-order valence-corrected chi connectivity index (χ4v) is 9.62. The topological polar surface area (TPSA) is 8.17 Å². The van der Waals surface area contributed by atoms with Crippen LogP contribution in [0.25, 0.3) is 93.5 Å². The summed E-state index contributed by atoms with van der Waals surface area (Å²) in [5.74, 6) is 0. The van der Waals surface area contributed by atoms with E-state index in [0.29, 0.717) is 0 Å². The SMILES string of the molecule is c1ccc(-c2ccc(-c3ccc(N(c4ccc(-c5ccc6ccccc6c5)cc4)c4ccccc4-c4cccc5c4c4ccccc4n5-c4ccc5ccccc5c4)cc3)cc2)cc1. The van der Waals surface area contributed by atoms with Crippen LogP contribution in [0.2, 0.25) is 0 Å². The lowest BCUT2D eigenvalue weighted by Gasteiger charge is -2.28. The number of anilines is 3. The van der Waals surface area contributed by atoms with Crippen molar-refractivity contribution in [3.05, 3.63) is 255 Å². The summed E-state index contributed by atoms with van der Waals surface area (Å²) >= 11 is 0. The second-order valence-corrected chi connectivity index (χ2v) is 16.5. The Morgan fingerprint density at radius 3 is 1.44 bits per heavy atom. The van der Waals surface area contributed by atoms with Gasteiger partial charge in [-0.05, 0) is 121 Å². The van der Waals surface area contributed by atoms with Crippen molar-refractivity contribution in [2.75, 3.05) is 4.90 Å². The normalized spacial score (nSPS) is 11.4. The lowest BCUT2D eigenvalue weighted by molar-refractivity contribution is 1.19. The zero-order chi connectivity index (χ0) is 42.4. The first-order valence-corrected chi connectivity index (χ1v) is 22.0. The summed E-state index contributed by atoms with van der Waals surface area (Å²) < 4.78 is 2.43. The number of rotatable bonds is 8. The fourth-order valence-electron chi connectivity index (χ4n) is 9.62. The van der Waals surface area contributed by atoms with Crippen molar-refractivity contribution in [3.63, 3.8) is 0 Å². The summed E-state index contributed by atoms with van der Waals surface area (Å²) in [6, 6.07) is 92.7. The molecule has 64 heavy (non-hydrogen) atoms. The highest BCUT2D eigenvalue weighted by molar-refractivity contribution is 6.17. The van der Waals surface area contributed by atoms with E-state index in [1.54, 1.807) is 0 Å². The summed E-state index contributed by atoms with van der Waals surface area (Å²) in [5.41, 5.74) is 16.3. The summed E-state index contributed by atoms with van der Waals surface area (Å²) in [5, 5.41) is 7.41. The molecular formula is C62H42N2. The smallest absolute Gasteiger partial charge is 0.0547 e. The highest BCUT2D eigenvalue weighted by atomic mass is 15.1. The third-order valence-electron chi connectivity index (χ3n) is 12.8. The summed E-state index contributed by atoms with van der Waals surface area (Å²) in [7, 11) is 0. The summed E-state index contributed by atoms with van der Waals surface area (Å²) in [6.45, 7) is 0. The minimum Gasteiger partial charge on any atom is -0.310 e. The van der Waals surface area contributed by atoms with E-state index < -0.39 is 0 Å². The number of aromatic nitrogens is 1. The van der Waals surface area contributed by atoms with Crippen molar-refractivity contribution >= 4 is 60.4 Å². The van der Waals surface area contributed by atoms with Crippen molar-refractivity contribution < 1.29 is 0 Å². The number of hydrogen-bond acceptors (Lipinski definition) is 1. The van der Waals surface area contributed by atoms with E-state index in [1.807, 2.05) is 0 Å². The molecule has 0 saturated carbocycles. The molecule has 0 aliphatic heterocycles. The molecule has 0 aliphatic rings. The third kappa shape index (κ3) is 6.61. The largest absolute Gasteiger partial charge is 0.310 e. The minimum absolute atomic E-state index is 1.08. The van der Waals surface area contributed by atoms with Gasteiger partial charge in [-0.1, -0.05) is 194 Å². The van der Waals surface area contributed by atoms with Gasteiger partial charge < -0.3 is 9.47 Å². The zero-order valence-corrected chi connectivity index (χ0v) is 35.1. The molecule has 0 aliphatic carbocycles. The van der Waals surface area contributed by atoms with Crippen molar-refractivity contribution in [1.82, 2.24) is 4.57 Å². The maximum atomic E-state index is 2.43. The lowest BCUT2D eigenvalue weighted by Crippen LogP contribution is -2.11. The van der Waals surface area contributed by atoms with Gasteiger partial charge in [0, 0.05) is 33.4 Å². The Bertz CT molecular complexity index is 3640. The quantitative estimate of drug-likeness (QED) is 0.148. The molecular weight excluding hydrogens is 773 g/mol. The van der Waals surface area contributed by atoms with Crippen LogP contribution in [-0.4, -0.2) is 4.57 Å². The molecule has 0 unspecified atom stereocenters. The van der Waals surface area contributed by atoms with E-state index in [4.69, 9.17) is 0 Å². The summed E-state index contributed by atoms with van der Waals surface area (Å²) in [6.07, 6.45) is 0. The van der Waals surface area contributed by atoms with Crippen molar-refractivity contribution in [2.24, 2.45) is 0 Å². The summed E-state index contributed by atoms with van der Waals surface area (Å²) in [4.78, 5) is 2.42. The van der Waals surface area contributed by atoms with Gasteiger partial charge in [0.25, 0.3) is 0 Å². The molecule has 0 amide bonds. The van der Waals surface area contributed by atoms with Crippen molar-refractivity contribution in [3.8, 4) is 50.2 Å². The van der Waals surface area contributed by atoms with Crippen LogP contribution >= 0.6 is 0 Å². The number of fused-ring (bicyclic) bond motifs is 5. The molecule has 0 spiro atoms. The van der Waals surface area contributed by atoms with Crippen LogP contribution in [0.3, 0.4) is 0 Å².